The molecule has 2 saturated heterocycles. The lowest BCUT2D eigenvalue weighted by Crippen LogP contribution is -3.15. The van der Waals surface area contributed by atoms with Crippen molar-refractivity contribution in [3.8, 4) is 0 Å². The Balaban J connectivity index is 1.30. The maximum absolute atomic E-state index is 13.1. The zero-order chi connectivity index (χ0) is 19.5. The maximum Gasteiger partial charge on any atom is 0.270 e. The number of aromatic nitrogens is 1. The fourth-order valence-corrected chi connectivity index (χ4v) is 4.01. The largest absolute Gasteiger partial charge is 0.360 e. The van der Waals surface area contributed by atoms with Crippen LogP contribution in [-0.4, -0.2) is 67.4 Å². The molecule has 0 unspecified atom stereocenters. The van der Waals surface area contributed by atoms with Crippen LogP contribution in [-0.2, 0) is 0 Å². The summed E-state index contributed by atoms with van der Waals surface area (Å²) in [4.78, 5) is 33.3. The van der Waals surface area contributed by atoms with Crippen LogP contribution in [0.25, 0.3) is 0 Å². The summed E-state index contributed by atoms with van der Waals surface area (Å²) in [6.07, 6.45) is 3.75. The van der Waals surface area contributed by atoms with Gasteiger partial charge in [-0.1, -0.05) is 0 Å². The van der Waals surface area contributed by atoms with E-state index in [1.807, 2.05) is 4.90 Å². The Morgan fingerprint density at radius 1 is 1.04 bits per heavy atom. The average molecular weight is 385 g/mol. The van der Waals surface area contributed by atoms with Crippen LogP contribution in [0.4, 0.5) is 10.1 Å². The van der Waals surface area contributed by atoms with E-state index in [2.05, 4.69) is 9.88 Å². The number of benzene rings is 1. The molecule has 6 nitrogen and oxygen atoms in total. The normalized spacial score (nSPS) is 17.9. The van der Waals surface area contributed by atoms with E-state index in [0.29, 0.717) is 17.8 Å². The van der Waals surface area contributed by atoms with Crippen molar-refractivity contribution in [2.24, 2.45) is 0 Å². The first kappa shape index (κ1) is 18.7. The fourth-order valence-electron chi connectivity index (χ4n) is 4.01. The summed E-state index contributed by atoms with van der Waals surface area (Å²) in [5, 5.41) is 0. The first-order valence-electron chi connectivity index (χ1n) is 9.95. The monoisotopic (exact) mass is 385 g/mol. The van der Waals surface area contributed by atoms with Gasteiger partial charge in [0.1, 0.15) is 18.1 Å². The molecule has 1 aromatic carbocycles. The number of nitrogens with zero attached hydrogens (tertiary/aromatic N) is 2. The lowest BCUT2D eigenvalue weighted by molar-refractivity contribution is -0.892. The second kappa shape index (κ2) is 8.14. The number of H-pyrrole nitrogens is 1. The predicted octanol–water partition coefficient (Wildman–Crippen LogP) is 0.978. The Hall–Kier alpha value is -2.67. The standard InChI is InChI=1S/C21H25FN4O2/c22-17-3-5-18(6-4-17)25-11-9-24(10-12-25)15-20(27)16-13-19(23-14-16)21(28)26-7-1-2-8-26/h3-6,13-14,23H,1-2,7-12,15H2/p+1. The minimum Gasteiger partial charge on any atom is -0.360 e. The Morgan fingerprint density at radius 2 is 1.71 bits per heavy atom. The van der Waals surface area contributed by atoms with Crippen LogP contribution in [0.3, 0.4) is 0 Å². The van der Waals surface area contributed by atoms with Crippen molar-refractivity contribution in [2.45, 2.75) is 12.8 Å². The fraction of sp³-hybridized carbons (Fsp3) is 0.429. The molecular weight excluding hydrogens is 359 g/mol. The third-order valence-corrected chi connectivity index (χ3v) is 5.70. The minimum absolute atomic E-state index is 0.0168. The van der Waals surface area contributed by atoms with Gasteiger partial charge in [-0.05, 0) is 43.2 Å². The van der Waals surface area contributed by atoms with Crippen molar-refractivity contribution in [3.05, 3.63) is 53.6 Å². The van der Waals surface area contributed by atoms with Crippen molar-refractivity contribution in [2.75, 3.05) is 50.7 Å². The summed E-state index contributed by atoms with van der Waals surface area (Å²) >= 11 is 0. The van der Waals surface area contributed by atoms with Gasteiger partial charge in [-0.2, -0.15) is 0 Å². The Bertz CT molecular complexity index is 834. The van der Waals surface area contributed by atoms with Gasteiger partial charge in [0.05, 0.1) is 26.2 Å². The highest BCUT2D eigenvalue weighted by molar-refractivity contribution is 6.00. The molecule has 2 N–H and O–H groups in total. The van der Waals surface area contributed by atoms with E-state index in [1.165, 1.54) is 17.0 Å². The summed E-state index contributed by atoms with van der Waals surface area (Å²) in [5.41, 5.74) is 2.10. The molecule has 0 aliphatic carbocycles. The number of Topliss-reactive ketones (excluding diaryl/α,β-unsaturated/α-hetero) is 1. The third kappa shape index (κ3) is 4.09. The highest BCUT2D eigenvalue weighted by atomic mass is 19.1. The number of likely N-dealkylation sites (tertiary alicyclic amines) is 1. The molecule has 1 aromatic heterocycles. The van der Waals surface area contributed by atoms with Gasteiger partial charge in [-0.25, -0.2) is 4.39 Å². The SMILES string of the molecule is O=C(C[NH+]1CCN(c2ccc(F)cc2)CC1)c1c[nH]c(C(=O)N2CCCC2)c1. The molecule has 2 aliphatic heterocycles. The zero-order valence-corrected chi connectivity index (χ0v) is 15.9. The zero-order valence-electron chi connectivity index (χ0n) is 15.9. The van der Waals surface area contributed by atoms with Gasteiger partial charge in [0, 0.05) is 30.5 Å². The van der Waals surface area contributed by atoms with Crippen LogP contribution in [0, 0.1) is 5.82 Å². The molecule has 0 radical (unpaired) electrons. The van der Waals surface area contributed by atoms with Gasteiger partial charge in [0.2, 0.25) is 5.78 Å². The van der Waals surface area contributed by atoms with Crippen LogP contribution in [0.15, 0.2) is 36.5 Å². The molecule has 2 fully saturated rings. The summed E-state index contributed by atoms with van der Waals surface area (Å²) in [7, 11) is 0. The van der Waals surface area contributed by atoms with Gasteiger partial charge in [0.15, 0.2) is 0 Å². The molecule has 3 heterocycles. The Labute approximate surface area is 163 Å². The molecule has 0 atom stereocenters. The van der Waals surface area contributed by atoms with E-state index < -0.39 is 0 Å². The van der Waals surface area contributed by atoms with E-state index >= 15 is 0 Å². The van der Waals surface area contributed by atoms with E-state index in [4.69, 9.17) is 0 Å². The van der Waals surface area contributed by atoms with E-state index in [0.717, 1.165) is 57.8 Å². The topological polar surface area (TPSA) is 60.9 Å². The van der Waals surface area contributed by atoms with Gasteiger partial charge in [-0.3, -0.25) is 9.59 Å². The highest BCUT2D eigenvalue weighted by Crippen LogP contribution is 2.15. The number of nitrogens with one attached hydrogen (secondary N) is 2. The maximum atomic E-state index is 13.1. The van der Waals surface area contributed by atoms with E-state index in [-0.39, 0.29) is 17.5 Å². The molecule has 0 bridgehead atoms. The van der Waals surface area contributed by atoms with Crippen LogP contribution in [0.1, 0.15) is 33.7 Å². The number of piperazine rings is 1. The predicted molar refractivity (Wildman–Crippen MR) is 104 cm³/mol. The number of hydrogen-bond donors (Lipinski definition) is 2. The van der Waals surface area contributed by atoms with Crippen molar-refractivity contribution < 1.29 is 18.9 Å². The highest BCUT2D eigenvalue weighted by Gasteiger charge is 2.25. The summed E-state index contributed by atoms with van der Waals surface area (Å²) in [6.45, 7) is 5.39. The lowest BCUT2D eigenvalue weighted by Gasteiger charge is -2.33. The number of halogens is 1. The van der Waals surface area contributed by atoms with Crippen molar-refractivity contribution in [1.82, 2.24) is 9.88 Å². The lowest BCUT2D eigenvalue weighted by atomic mass is 10.1. The summed E-state index contributed by atoms with van der Waals surface area (Å²) in [6, 6.07) is 8.24. The number of carbonyl (C=O) groups excluding carboxylic acids is 2. The summed E-state index contributed by atoms with van der Waals surface area (Å²) < 4.78 is 13.1. The van der Waals surface area contributed by atoms with Crippen LogP contribution < -0.4 is 9.80 Å². The second-order valence-corrected chi connectivity index (χ2v) is 7.61. The smallest absolute Gasteiger partial charge is 0.270 e. The number of hydrogen-bond acceptors (Lipinski definition) is 3. The van der Waals surface area contributed by atoms with Crippen LogP contribution in [0.2, 0.25) is 0 Å². The van der Waals surface area contributed by atoms with Gasteiger partial charge in [-0.15, -0.1) is 0 Å². The molecule has 0 spiro atoms. The van der Waals surface area contributed by atoms with Crippen molar-refractivity contribution in [3.63, 3.8) is 0 Å². The van der Waals surface area contributed by atoms with Gasteiger partial charge in [0.25, 0.3) is 5.91 Å². The van der Waals surface area contributed by atoms with Gasteiger partial charge >= 0.3 is 0 Å². The summed E-state index contributed by atoms with van der Waals surface area (Å²) in [5.74, 6) is -0.188. The molecule has 2 aromatic rings. The average Bonchev–Trinajstić information content (AvgIpc) is 3.41. The number of ketones is 1. The number of anilines is 1. The van der Waals surface area contributed by atoms with Crippen molar-refractivity contribution >= 4 is 17.4 Å². The molecule has 0 saturated carbocycles. The Morgan fingerprint density at radius 3 is 2.39 bits per heavy atom. The quantitative estimate of drug-likeness (QED) is 0.755. The Kier molecular flexibility index (Phi) is 5.43. The molecule has 4 rings (SSSR count). The number of carbonyl (C=O) groups is 2. The van der Waals surface area contributed by atoms with Crippen LogP contribution >= 0.6 is 0 Å². The van der Waals surface area contributed by atoms with Crippen LogP contribution in [0.5, 0.6) is 0 Å². The molecule has 7 heteroatoms. The van der Waals surface area contributed by atoms with Crippen molar-refractivity contribution in [1.29, 1.82) is 0 Å². The molecule has 1 amide bonds. The molecule has 2 aliphatic rings. The van der Waals surface area contributed by atoms with Gasteiger partial charge < -0.3 is 19.7 Å². The third-order valence-electron chi connectivity index (χ3n) is 5.70. The minimum atomic E-state index is -0.229. The number of aromatic amines is 1. The number of amides is 1. The molecular formula is C21H26FN4O2+. The number of rotatable bonds is 5. The molecule has 28 heavy (non-hydrogen) atoms. The van der Waals surface area contributed by atoms with E-state index in [1.54, 1.807) is 24.4 Å². The first-order chi connectivity index (χ1) is 13.6. The first-order valence-corrected chi connectivity index (χ1v) is 9.95. The molecule has 148 valence electrons. The second-order valence-electron chi connectivity index (χ2n) is 7.61. The number of quaternary nitrogens is 1. The van der Waals surface area contributed by atoms with E-state index in [9.17, 15) is 14.0 Å².